The van der Waals surface area contributed by atoms with Crippen LogP contribution in [0.4, 0.5) is 5.69 Å². The summed E-state index contributed by atoms with van der Waals surface area (Å²) in [5.74, 6) is 0. The second kappa shape index (κ2) is 12.0. The Labute approximate surface area is 306 Å². The lowest BCUT2D eigenvalue weighted by molar-refractivity contribution is 0.652. The zero-order valence-electron chi connectivity index (χ0n) is 29.6. The van der Waals surface area contributed by atoms with Gasteiger partial charge in [0.15, 0.2) is 0 Å². The molecule has 1 spiro atoms. The summed E-state index contributed by atoms with van der Waals surface area (Å²) in [5.41, 5.74) is 21.9. The maximum Gasteiger partial charge on any atom is 0.0708 e. The van der Waals surface area contributed by atoms with Crippen molar-refractivity contribution in [2.24, 2.45) is 0 Å². The molecule has 0 saturated heterocycles. The van der Waals surface area contributed by atoms with Crippen LogP contribution in [0.5, 0.6) is 0 Å². The van der Waals surface area contributed by atoms with Crippen LogP contribution in [0.25, 0.3) is 39.0 Å². The minimum absolute atomic E-state index is 0.496. The molecule has 0 fully saturated rings. The lowest BCUT2D eigenvalue weighted by atomic mass is 9.56. The van der Waals surface area contributed by atoms with Gasteiger partial charge >= 0.3 is 0 Å². The highest BCUT2D eigenvalue weighted by Gasteiger charge is 2.51. The SMILES string of the molecule is C/C=C1\C2=C(C)C3(c4cc(-c5ccccc5)ccc4Cc4ccc(-c5ccccc5)cc43)c3ccccc3N2Cc2ccc(-c3ccccc3)cc21. The Balaban J connectivity index is 1.30. The lowest BCUT2D eigenvalue weighted by Crippen LogP contribution is -2.44. The van der Waals surface area contributed by atoms with Crippen LogP contribution in [0, 0.1) is 0 Å². The molecule has 0 radical (unpaired) electrons. The molecule has 1 aliphatic carbocycles. The van der Waals surface area contributed by atoms with Gasteiger partial charge in [-0.1, -0.05) is 152 Å². The highest BCUT2D eigenvalue weighted by Crippen LogP contribution is 2.60. The van der Waals surface area contributed by atoms with Crippen molar-refractivity contribution >= 4 is 11.3 Å². The molecule has 0 N–H and O–H groups in total. The number of fused-ring (bicyclic) bond motifs is 9. The number of allylic oxidation sites excluding steroid dienone is 3. The molecule has 3 aliphatic rings. The van der Waals surface area contributed by atoms with Gasteiger partial charge in [-0.2, -0.15) is 0 Å². The van der Waals surface area contributed by atoms with E-state index in [1.54, 1.807) is 0 Å². The zero-order chi connectivity index (χ0) is 34.8. The van der Waals surface area contributed by atoms with E-state index >= 15 is 0 Å². The smallest absolute Gasteiger partial charge is 0.0708 e. The van der Waals surface area contributed by atoms with Gasteiger partial charge in [-0.15, -0.1) is 0 Å². The molecule has 0 aromatic heterocycles. The fourth-order valence-corrected chi connectivity index (χ4v) is 9.43. The first-order chi connectivity index (χ1) is 25.6. The van der Waals surface area contributed by atoms with Gasteiger partial charge in [-0.25, -0.2) is 0 Å². The van der Waals surface area contributed by atoms with E-state index in [1.807, 2.05) is 0 Å². The predicted molar refractivity (Wildman–Crippen MR) is 217 cm³/mol. The van der Waals surface area contributed by atoms with Gasteiger partial charge in [0.2, 0.25) is 0 Å². The molecule has 1 heteroatoms. The van der Waals surface area contributed by atoms with E-state index in [-0.39, 0.29) is 0 Å². The summed E-state index contributed by atoms with van der Waals surface area (Å²) >= 11 is 0. The van der Waals surface area contributed by atoms with Gasteiger partial charge in [0.05, 0.1) is 5.41 Å². The van der Waals surface area contributed by atoms with E-state index in [1.165, 1.54) is 94.9 Å². The first kappa shape index (κ1) is 30.6. The average Bonchev–Trinajstić information content (AvgIpc) is 3.22. The van der Waals surface area contributed by atoms with Crippen molar-refractivity contribution < 1.29 is 0 Å². The van der Waals surface area contributed by atoms with E-state index < -0.39 is 5.41 Å². The number of benzene rings is 7. The summed E-state index contributed by atoms with van der Waals surface area (Å²) in [6.07, 6.45) is 3.26. The molecule has 7 aromatic rings. The van der Waals surface area contributed by atoms with E-state index in [0.29, 0.717) is 0 Å². The second-order valence-corrected chi connectivity index (χ2v) is 14.4. The topological polar surface area (TPSA) is 3.24 Å². The third-order valence-corrected chi connectivity index (χ3v) is 11.8. The van der Waals surface area contributed by atoms with Crippen LogP contribution in [-0.2, 0) is 18.4 Å². The summed E-state index contributed by atoms with van der Waals surface area (Å²) in [4.78, 5) is 2.60. The molecular formula is C51H39N. The molecule has 0 unspecified atom stereocenters. The normalized spacial score (nSPS) is 15.8. The van der Waals surface area contributed by atoms with Crippen molar-refractivity contribution in [1.29, 1.82) is 0 Å². The second-order valence-electron chi connectivity index (χ2n) is 14.4. The number of rotatable bonds is 3. The van der Waals surface area contributed by atoms with E-state index in [2.05, 4.69) is 195 Å². The molecular weight excluding hydrogens is 627 g/mol. The van der Waals surface area contributed by atoms with Crippen LogP contribution in [0.3, 0.4) is 0 Å². The summed E-state index contributed by atoms with van der Waals surface area (Å²) in [6, 6.07) is 63.3. The van der Waals surface area contributed by atoms with Gasteiger partial charge in [-0.3, -0.25) is 0 Å². The minimum atomic E-state index is -0.496. The van der Waals surface area contributed by atoms with Crippen molar-refractivity contribution in [1.82, 2.24) is 0 Å². The molecule has 0 atom stereocenters. The Morgan fingerprint density at radius 3 is 1.50 bits per heavy atom. The monoisotopic (exact) mass is 665 g/mol. The van der Waals surface area contributed by atoms with E-state index in [4.69, 9.17) is 0 Å². The summed E-state index contributed by atoms with van der Waals surface area (Å²) < 4.78 is 0. The quantitative estimate of drug-likeness (QED) is 0.182. The Morgan fingerprint density at radius 2 is 0.962 bits per heavy atom. The summed E-state index contributed by atoms with van der Waals surface area (Å²) in [6.45, 7) is 5.47. The molecule has 248 valence electrons. The van der Waals surface area contributed by atoms with Crippen molar-refractivity contribution in [3.8, 4) is 33.4 Å². The maximum atomic E-state index is 2.60. The fourth-order valence-electron chi connectivity index (χ4n) is 9.43. The standard InChI is InChI=1S/C51H39N/c1-3-44-45-30-38(35-15-7-4-8-16-35)25-28-43(45)33-52-49-22-14-13-21-46(49)51(34(2)50(44)52)47-31-39(36-17-9-5-10-18-36)23-26-41(47)29-42-27-24-40(32-48(42)51)37-19-11-6-12-20-37/h3-28,30-32H,29,33H2,1-2H3/b44-3-. The Hall–Kier alpha value is -6.18. The Bertz CT molecular complexity index is 2480. The summed E-state index contributed by atoms with van der Waals surface area (Å²) in [5, 5.41) is 0. The van der Waals surface area contributed by atoms with Crippen LogP contribution >= 0.6 is 0 Å². The highest BCUT2D eigenvalue weighted by atomic mass is 15.2. The van der Waals surface area contributed by atoms with Crippen molar-refractivity contribution in [2.45, 2.75) is 32.2 Å². The van der Waals surface area contributed by atoms with Crippen LogP contribution in [0.2, 0.25) is 0 Å². The molecule has 0 bridgehead atoms. The van der Waals surface area contributed by atoms with Gasteiger partial charge in [-0.05, 0) is 122 Å². The maximum absolute atomic E-state index is 2.60. The number of anilines is 1. The number of para-hydroxylation sites is 1. The van der Waals surface area contributed by atoms with Crippen LogP contribution in [0.1, 0.15) is 52.8 Å². The fraction of sp³-hybridized carbons (Fsp3) is 0.0980. The third kappa shape index (κ3) is 4.49. The number of hydrogen-bond acceptors (Lipinski definition) is 1. The number of nitrogens with zero attached hydrogens (tertiary/aromatic N) is 1. The molecule has 52 heavy (non-hydrogen) atoms. The third-order valence-electron chi connectivity index (χ3n) is 11.8. The lowest BCUT2D eigenvalue weighted by Gasteiger charge is -2.51. The first-order valence-electron chi connectivity index (χ1n) is 18.5. The van der Waals surface area contributed by atoms with Gasteiger partial charge in [0.25, 0.3) is 0 Å². The highest BCUT2D eigenvalue weighted by molar-refractivity contribution is 5.94. The zero-order valence-corrected chi connectivity index (χ0v) is 29.6. The van der Waals surface area contributed by atoms with Crippen LogP contribution in [0.15, 0.2) is 187 Å². The molecule has 2 heterocycles. The van der Waals surface area contributed by atoms with Crippen LogP contribution < -0.4 is 4.90 Å². The van der Waals surface area contributed by atoms with E-state index in [0.717, 1.165) is 13.0 Å². The Morgan fingerprint density at radius 1 is 0.481 bits per heavy atom. The largest absolute Gasteiger partial charge is 0.336 e. The van der Waals surface area contributed by atoms with Crippen molar-refractivity contribution in [3.63, 3.8) is 0 Å². The van der Waals surface area contributed by atoms with E-state index in [9.17, 15) is 0 Å². The summed E-state index contributed by atoms with van der Waals surface area (Å²) in [7, 11) is 0. The van der Waals surface area contributed by atoms with Gasteiger partial charge < -0.3 is 4.90 Å². The predicted octanol–water partition coefficient (Wildman–Crippen LogP) is 12.6. The molecule has 0 saturated carbocycles. The van der Waals surface area contributed by atoms with Crippen molar-refractivity contribution in [3.05, 3.63) is 226 Å². The van der Waals surface area contributed by atoms with Crippen LogP contribution in [-0.4, -0.2) is 0 Å². The molecule has 10 rings (SSSR count). The average molecular weight is 666 g/mol. The molecule has 2 aliphatic heterocycles. The molecule has 1 nitrogen and oxygen atoms in total. The minimum Gasteiger partial charge on any atom is -0.336 e. The van der Waals surface area contributed by atoms with Crippen molar-refractivity contribution in [2.75, 3.05) is 4.90 Å². The first-order valence-corrected chi connectivity index (χ1v) is 18.5. The molecule has 7 aromatic carbocycles. The molecule has 0 amide bonds. The van der Waals surface area contributed by atoms with Gasteiger partial charge in [0.1, 0.15) is 0 Å². The number of hydrogen-bond donors (Lipinski definition) is 0. The van der Waals surface area contributed by atoms with Gasteiger partial charge in [0, 0.05) is 23.5 Å². The Kier molecular flexibility index (Phi) is 7.05.